The molecule has 106 valence electrons. The molecule has 5 nitrogen and oxygen atoms in total. The van der Waals surface area contributed by atoms with Crippen LogP contribution in [0.4, 0.5) is 0 Å². The molecule has 3 rings (SSSR count). The normalized spacial score (nSPS) is 21.7. The number of aromatic nitrogens is 2. The minimum Gasteiger partial charge on any atom is -0.502 e. The zero-order valence-electron chi connectivity index (χ0n) is 11.7. The number of rotatable bonds is 2. The van der Waals surface area contributed by atoms with Gasteiger partial charge in [0.05, 0.1) is 18.6 Å². The van der Waals surface area contributed by atoms with E-state index in [1.165, 1.54) is 11.8 Å². The number of imidazole rings is 1. The van der Waals surface area contributed by atoms with Crippen LogP contribution in [0.1, 0.15) is 31.0 Å². The molecule has 20 heavy (non-hydrogen) atoms. The van der Waals surface area contributed by atoms with Crippen molar-refractivity contribution in [2.45, 2.75) is 33.2 Å². The van der Waals surface area contributed by atoms with Crippen molar-refractivity contribution >= 4 is 0 Å². The molecule has 0 fully saturated rings. The Hall–Kier alpha value is -2.04. The third-order valence-electron chi connectivity index (χ3n) is 4.23. The highest BCUT2D eigenvalue weighted by atomic mass is 16.4. The molecule has 0 radical (unpaired) electrons. The van der Waals surface area contributed by atoms with E-state index in [9.17, 15) is 9.90 Å². The highest BCUT2D eigenvalue weighted by Crippen LogP contribution is 2.29. The lowest BCUT2D eigenvalue weighted by atomic mass is 9.82. The zero-order valence-corrected chi connectivity index (χ0v) is 11.7. The first kappa shape index (κ1) is 13.0. The average Bonchev–Trinajstić information content (AvgIpc) is 2.77. The second-order valence-corrected chi connectivity index (χ2v) is 5.72. The van der Waals surface area contributed by atoms with Crippen LogP contribution in [0.25, 0.3) is 0 Å². The molecule has 0 saturated carbocycles. The van der Waals surface area contributed by atoms with Crippen LogP contribution in [0.15, 0.2) is 27.9 Å². The Balaban J connectivity index is 1.89. The number of hydrogen-bond donors (Lipinski definition) is 1. The maximum atomic E-state index is 11.4. The van der Waals surface area contributed by atoms with Gasteiger partial charge in [-0.2, -0.15) is 0 Å². The van der Waals surface area contributed by atoms with E-state index in [0.717, 1.165) is 24.8 Å². The van der Waals surface area contributed by atoms with E-state index in [4.69, 9.17) is 4.42 Å². The highest BCUT2D eigenvalue weighted by Gasteiger charge is 2.25. The number of nitrogens with zero attached hydrogens (tertiary/aromatic N) is 2. The summed E-state index contributed by atoms with van der Waals surface area (Å²) in [5, 5.41) is 9.20. The molecule has 0 spiro atoms. The van der Waals surface area contributed by atoms with E-state index in [1.54, 1.807) is 0 Å². The maximum absolute atomic E-state index is 11.4. The first-order valence-corrected chi connectivity index (χ1v) is 6.88. The van der Waals surface area contributed by atoms with E-state index in [0.29, 0.717) is 24.1 Å². The summed E-state index contributed by atoms with van der Waals surface area (Å²) in [6, 6.07) is 1.33. The maximum Gasteiger partial charge on any atom is 0.226 e. The second kappa shape index (κ2) is 4.81. The molecule has 2 aromatic rings. The van der Waals surface area contributed by atoms with Gasteiger partial charge < -0.3 is 14.1 Å². The standard InChI is InChI=1S/C15H18N2O3/c1-9-3-12-13(4-10(9)2)17(8-16-12)6-11-5-14(18)15(19)7-20-11/h5,7-10,19H,3-4,6H2,1-2H3. The predicted molar refractivity (Wildman–Crippen MR) is 73.7 cm³/mol. The van der Waals surface area contributed by atoms with Crippen LogP contribution >= 0.6 is 0 Å². The third-order valence-corrected chi connectivity index (χ3v) is 4.23. The summed E-state index contributed by atoms with van der Waals surface area (Å²) in [5.74, 6) is 1.45. The summed E-state index contributed by atoms with van der Waals surface area (Å²) in [4.78, 5) is 15.9. The molecule has 0 amide bonds. The molecular weight excluding hydrogens is 256 g/mol. The van der Waals surface area contributed by atoms with Gasteiger partial charge in [-0.15, -0.1) is 0 Å². The van der Waals surface area contributed by atoms with Gasteiger partial charge in [0.15, 0.2) is 5.75 Å². The molecule has 2 aromatic heterocycles. The topological polar surface area (TPSA) is 68.3 Å². The predicted octanol–water partition coefficient (Wildman–Crippen LogP) is 1.96. The van der Waals surface area contributed by atoms with Crippen molar-refractivity contribution in [2.24, 2.45) is 11.8 Å². The summed E-state index contributed by atoms with van der Waals surface area (Å²) in [7, 11) is 0. The summed E-state index contributed by atoms with van der Waals surface area (Å²) < 4.78 is 7.29. The number of fused-ring (bicyclic) bond motifs is 1. The molecule has 0 aromatic carbocycles. The Morgan fingerprint density at radius 3 is 2.90 bits per heavy atom. The van der Waals surface area contributed by atoms with Gasteiger partial charge in [-0.3, -0.25) is 4.79 Å². The van der Waals surface area contributed by atoms with E-state index in [1.807, 2.05) is 10.9 Å². The molecule has 1 aliphatic rings. The van der Waals surface area contributed by atoms with Crippen molar-refractivity contribution in [1.82, 2.24) is 9.55 Å². The van der Waals surface area contributed by atoms with E-state index >= 15 is 0 Å². The number of hydrogen-bond acceptors (Lipinski definition) is 4. The molecule has 2 atom stereocenters. The van der Waals surface area contributed by atoms with Crippen LogP contribution in [-0.2, 0) is 19.4 Å². The van der Waals surface area contributed by atoms with E-state index in [2.05, 4.69) is 18.8 Å². The first-order chi connectivity index (χ1) is 9.54. The molecule has 1 aliphatic carbocycles. The second-order valence-electron chi connectivity index (χ2n) is 5.72. The van der Waals surface area contributed by atoms with Crippen LogP contribution < -0.4 is 5.43 Å². The molecular formula is C15H18N2O3. The lowest BCUT2D eigenvalue weighted by Gasteiger charge is -2.26. The van der Waals surface area contributed by atoms with Crippen molar-refractivity contribution in [3.05, 3.63) is 46.0 Å². The van der Waals surface area contributed by atoms with Gasteiger partial charge in [0.2, 0.25) is 5.43 Å². The van der Waals surface area contributed by atoms with Crippen molar-refractivity contribution in [3.8, 4) is 5.75 Å². The summed E-state index contributed by atoms with van der Waals surface area (Å²) >= 11 is 0. The summed E-state index contributed by atoms with van der Waals surface area (Å²) in [5.41, 5.74) is 1.96. The average molecular weight is 274 g/mol. The van der Waals surface area contributed by atoms with Crippen molar-refractivity contribution < 1.29 is 9.52 Å². The van der Waals surface area contributed by atoms with Crippen LogP contribution in [-0.4, -0.2) is 14.7 Å². The van der Waals surface area contributed by atoms with Gasteiger partial charge in [-0.05, 0) is 24.7 Å². The van der Waals surface area contributed by atoms with Crippen LogP contribution in [0.3, 0.4) is 0 Å². The number of aromatic hydroxyl groups is 1. The minimum absolute atomic E-state index is 0.358. The summed E-state index contributed by atoms with van der Waals surface area (Å²) in [6.45, 7) is 4.98. The van der Waals surface area contributed by atoms with Crippen molar-refractivity contribution in [3.63, 3.8) is 0 Å². The van der Waals surface area contributed by atoms with Crippen molar-refractivity contribution in [2.75, 3.05) is 0 Å². The zero-order chi connectivity index (χ0) is 14.3. The largest absolute Gasteiger partial charge is 0.502 e. The minimum atomic E-state index is -0.415. The fourth-order valence-corrected chi connectivity index (χ4v) is 2.70. The monoisotopic (exact) mass is 274 g/mol. The highest BCUT2D eigenvalue weighted by molar-refractivity contribution is 5.20. The molecule has 1 N–H and O–H groups in total. The smallest absolute Gasteiger partial charge is 0.226 e. The van der Waals surface area contributed by atoms with Crippen molar-refractivity contribution in [1.29, 1.82) is 0 Å². The van der Waals surface area contributed by atoms with Crippen LogP contribution in [0.5, 0.6) is 5.75 Å². The molecule has 0 saturated heterocycles. The van der Waals surface area contributed by atoms with Crippen LogP contribution in [0.2, 0.25) is 0 Å². The molecule has 5 heteroatoms. The quantitative estimate of drug-likeness (QED) is 0.909. The lowest BCUT2D eigenvalue weighted by molar-refractivity contribution is 0.347. The Kier molecular flexibility index (Phi) is 3.12. The van der Waals surface area contributed by atoms with E-state index in [-0.39, 0.29) is 5.75 Å². The van der Waals surface area contributed by atoms with Gasteiger partial charge >= 0.3 is 0 Å². The third kappa shape index (κ3) is 2.24. The molecule has 0 bridgehead atoms. The van der Waals surface area contributed by atoms with Gasteiger partial charge in [-0.1, -0.05) is 13.8 Å². The lowest BCUT2D eigenvalue weighted by Crippen LogP contribution is -2.22. The Labute approximate surface area is 116 Å². The van der Waals surface area contributed by atoms with Gasteiger partial charge in [0.1, 0.15) is 12.0 Å². The molecule has 2 heterocycles. The molecule has 0 aliphatic heterocycles. The molecule has 2 unspecified atom stereocenters. The van der Waals surface area contributed by atoms with Gasteiger partial charge in [-0.25, -0.2) is 4.98 Å². The van der Waals surface area contributed by atoms with Gasteiger partial charge in [0, 0.05) is 11.8 Å². The Bertz CT molecular complexity index is 687. The van der Waals surface area contributed by atoms with Crippen LogP contribution in [0, 0.1) is 11.8 Å². The fourth-order valence-electron chi connectivity index (χ4n) is 2.70. The Morgan fingerprint density at radius 2 is 2.15 bits per heavy atom. The fraction of sp³-hybridized carbons (Fsp3) is 0.467. The first-order valence-electron chi connectivity index (χ1n) is 6.88. The van der Waals surface area contributed by atoms with E-state index < -0.39 is 5.43 Å². The Morgan fingerprint density at radius 1 is 1.40 bits per heavy atom. The van der Waals surface area contributed by atoms with Gasteiger partial charge in [0.25, 0.3) is 0 Å². The SMILES string of the molecule is CC1Cc2ncn(Cc3cc(=O)c(O)co3)c2CC1C. The summed E-state index contributed by atoms with van der Waals surface area (Å²) in [6.07, 6.45) is 4.90.